The van der Waals surface area contributed by atoms with Gasteiger partial charge < -0.3 is 10.1 Å². The molecule has 0 saturated heterocycles. The summed E-state index contributed by atoms with van der Waals surface area (Å²) in [5, 5.41) is 3.44. The molecule has 0 aromatic heterocycles. The Morgan fingerprint density at radius 3 is 2.10 bits per heavy atom. The number of hydrogen-bond donors (Lipinski definition) is 1. The molecular formula is C25H24ClNO3S. The largest absolute Gasteiger partial charge is 0.451 e. The van der Waals surface area contributed by atoms with Crippen molar-refractivity contribution in [2.24, 2.45) is 0 Å². The van der Waals surface area contributed by atoms with Gasteiger partial charge in [-0.05, 0) is 53.8 Å². The lowest BCUT2D eigenvalue weighted by Crippen LogP contribution is -2.42. The Kier molecular flexibility index (Phi) is 8.56. The van der Waals surface area contributed by atoms with E-state index in [1.54, 1.807) is 48.2 Å². The van der Waals surface area contributed by atoms with Crippen molar-refractivity contribution in [3.05, 3.63) is 107 Å². The number of benzene rings is 3. The SMILES string of the molecule is CSCC[C@H](NC(=O)c1ccccc1)C(=O)O[C@@H](c1ccccc1)c1ccc(Cl)cc1. The van der Waals surface area contributed by atoms with Gasteiger partial charge in [0.05, 0.1) is 0 Å². The van der Waals surface area contributed by atoms with E-state index in [1.165, 1.54) is 0 Å². The summed E-state index contributed by atoms with van der Waals surface area (Å²) in [6.07, 6.45) is 1.83. The van der Waals surface area contributed by atoms with E-state index in [4.69, 9.17) is 16.3 Å². The molecule has 3 aromatic carbocycles. The van der Waals surface area contributed by atoms with Gasteiger partial charge in [-0.1, -0.05) is 72.3 Å². The fourth-order valence-electron chi connectivity index (χ4n) is 3.11. The Morgan fingerprint density at radius 2 is 1.48 bits per heavy atom. The lowest BCUT2D eigenvalue weighted by Gasteiger charge is -2.23. The first-order chi connectivity index (χ1) is 15.1. The molecular weight excluding hydrogens is 430 g/mol. The van der Waals surface area contributed by atoms with Crippen molar-refractivity contribution >= 4 is 35.2 Å². The number of amides is 1. The molecule has 4 nitrogen and oxygen atoms in total. The smallest absolute Gasteiger partial charge is 0.329 e. The molecule has 3 aromatic rings. The monoisotopic (exact) mass is 453 g/mol. The van der Waals surface area contributed by atoms with Gasteiger partial charge in [0.15, 0.2) is 6.10 Å². The average molecular weight is 454 g/mol. The number of esters is 1. The topological polar surface area (TPSA) is 55.4 Å². The normalized spacial score (nSPS) is 12.6. The molecule has 0 aliphatic rings. The van der Waals surface area contributed by atoms with Crippen LogP contribution in [0.3, 0.4) is 0 Å². The predicted octanol–water partition coefficient (Wildman–Crippen LogP) is 5.52. The first kappa shape index (κ1) is 22.9. The molecule has 0 fully saturated rings. The van der Waals surface area contributed by atoms with E-state index in [0.29, 0.717) is 22.8 Å². The maximum atomic E-state index is 13.2. The Labute approximate surface area is 192 Å². The van der Waals surface area contributed by atoms with Gasteiger partial charge in [0.25, 0.3) is 5.91 Å². The Hall–Kier alpha value is -2.76. The van der Waals surface area contributed by atoms with Crippen LogP contribution in [0.15, 0.2) is 84.9 Å². The number of carbonyl (C=O) groups is 2. The first-order valence-electron chi connectivity index (χ1n) is 9.94. The number of hydrogen-bond acceptors (Lipinski definition) is 4. The van der Waals surface area contributed by atoms with E-state index in [9.17, 15) is 9.59 Å². The minimum absolute atomic E-state index is 0.300. The zero-order valence-corrected chi connectivity index (χ0v) is 18.7. The molecule has 0 bridgehead atoms. The Morgan fingerprint density at radius 1 is 0.903 bits per heavy atom. The van der Waals surface area contributed by atoms with Crippen LogP contribution in [-0.2, 0) is 9.53 Å². The number of carbonyl (C=O) groups excluding carboxylic acids is 2. The third kappa shape index (κ3) is 6.61. The van der Waals surface area contributed by atoms with Gasteiger partial charge in [0.1, 0.15) is 6.04 Å². The lowest BCUT2D eigenvalue weighted by molar-refractivity contribution is -0.150. The zero-order valence-electron chi connectivity index (χ0n) is 17.2. The zero-order chi connectivity index (χ0) is 22.1. The Balaban J connectivity index is 1.82. The van der Waals surface area contributed by atoms with Crippen molar-refractivity contribution in [2.75, 3.05) is 12.0 Å². The standard InChI is InChI=1S/C25H24ClNO3S/c1-31-17-16-22(27-24(28)20-10-6-3-7-11-20)25(29)30-23(18-8-4-2-5-9-18)19-12-14-21(26)15-13-19/h2-15,22-23H,16-17H2,1H3,(H,27,28)/t22-,23-/m0/s1. The van der Waals surface area contributed by atoms with E-state index in [1.807, 2.05) is 54.8 Å². The van der Waals surface area contributed by atoms with E-state index in [2.05, 4.69) is 5.32 Å². The van der Waals surface area contributed by atoms with Gasteiger partial charge in [0.2, 0.25) is 0 Å². The van der Waals surface area contributed by atoms with Crippen molar-refractivity contribution < 1.29 is 14.3 Å². The summed E-state index contributed by atoms with van der Waals surface area (Å²) in [4.78, 5) is 25.8. The van der Waals surface area contributed by atoms with E-state index < -0.39 is 18.1 Å². The third-order valence-corrected chi connectivity index (χ3v) is 5.64. The molecule has 2 atom stereocenters. The molecule has 0 spiro atoms. The van der Waals surface area contributed by atoms with Crippen LogP contribution < -0.4 is 5.32 Å². The van der Waals surface area contributed by atoms with E-state index >= 15 is 0 Å². The first-order valence-corrected chi connectivity index (χ1v) is 11.7. The summed E-state index contributed by atoms with van der Waals surface area (Å²) in [6, 6.07) is 24.8. The summed E-state index contributed by atoms with van der Waals surface area (Å²) in [5.41, 5.74) is 2.15. The van der Waals surface area contributed by atoms with Crippen LogP contribution in [-0.4, -0.2) is 29.9 Å². The maximum absolute atomic E-state index is 13.2. The number of rotatable bonds is 9. The second-order valence-electron chi connectivity index (χ2n) is 6.95. The summed E-state index contributed by atoms with van der Waals surface area (Å²) >= 11 is 7.64. The lowest BCUT2D eigenvalue weighted by atomic mass is 10.0. The number of nitrogens with one attached hydrogen (secondary N) is 1. The fourth-order valence-corrected chi connectivity index (χ4v) is 3.71. The van der Waals surface area contributed by atoms with Crippen LogP contribution in [0.1, 0.15) is 34.0 Å². The molecule has 0 unspecified atom stereocenters. The van der Waals surface area contributed by atoms with Crippen LogP contribution >= 0.6 is 23.4 Å². The quantitative estimate of drug-likeness (QED) is 0.433. The molecule has 3 rings (SSSR count). The molecule has 31 heavy (non-hydrogen) atoms. The summed E-state index contributed by atoms with van der Waals surface area (Å²) in [6.45, 7) is 0. The second kappa shape index (κ2) is 11.6. The Bertz CT molecular complexity index is 981. The van der Waals surface area contributed by atoms with Crippen LogP contribution in [0, 0.1) is 0 Å². The highest BCUT2D eigenvalue weighted by Gasteiger charge is 2.27. The van der Waals surface area contributed by atoms with Crippen molar-refractivity contribution in [2.45, 2.75) is 18.6 Å². The minimum atomic E-state index is -0.751. The summed E-state index contributed by atoms with van der Waals surface area (Å²) < 4.78 is 5.95. The highest BCUT2D eigenvalue weighted by molar-refractivity contribution is 7.98. The van der Waals surface area contributed by atoms with Crippen LogP contribution in [0.25, 0.3) is 0 Å². The summed E-state index contributed by atoms with van der Waals surface area (Å²) in [7, 11) is 0. The highest BCUT2D eigenvalue weighted by atomic mass is 35.5. The van der Waals surface area contributed by atoms with Crippen LogP contribution in [0.5, 0.6) is 0 Å². The van der Waals surface area contributed by atoms with E-state index in [0.717, 1.165) is 11.1 Å². The van der Waals surface area contributed by atoms with Crippen LogP contribution in [0.2, 0.25) is 5.02 Å². The second-order valence-corrected chi connectivity index (χ2v) is 8.37. The third-order valence-electron chi connectivity index (χ3n) is 4.75. The average Bonchev–Trinajstić information content (AvgIpc) is 2.81. The fraction of sp³-hybridized carbons (Fsp3) is 0.200. The van der Waals surface area contributed by atoms with Gasteiger partial charge in [-0.25, -0.2) is 4.79 Å². The molecule has 1 N–H and O–H groups in total. The summed E-state index contributed by atoms with van der Waals surface area (Å²) in [5.74, 6) is -0.0558. The molecule has 0 heterocycles. The van der Waals surface area contributed by atoms with Gasteiger partial charge in [-0.3, -0.25) is 4.79 Å². The maximum Gasteiger partial charge on any atom is 0.329 e. The minimum Gasteiger partial charge on any atom is -0.451 e. The molecule has 0 aliphatic carbocycles. The molecule has 0 aliphatic heterocycles. The van der Waals surface area contributed by atoms with Crippen LogP contribution in [0.4, 0.5) is 0 Å². The molecule has 0 saturated carbocycles. The van der Waals surface area contributed by atoms with Crippen molar-refractivity contribution in [3.8, 4) is 0 Å². The van der Waals surface area contributed by atoms with E-state index in [-0.39, 0.29) is 5.91 Å². The molecule has 1 amide bonds. The molecule has 0 radical (unpaired) electrons. The van der Waals surface area contributed by atoms with Gasteiger partial charge in [0, 0.05) is 10.6 Å². The predicted molar refractivity (Wildman–Crippen MR) is 127 cm³/mol. The number of thioether (sulfide) groups is 1. The number of halogens is 1. The van der Waals surface area contributed by atoms with Crippen molar-refractivity contribution in [3.63, 3.8) is 0 Å². The highest BCUT2D eigenvalue weighted by Crippen LogP contribution is 2.28. The molecule has 6 heteroatoms. The van der Waals surface area contributed by atoms with Crippen molar-refractivity contribution in [1.82, 2.24) is 5.32 Å². The van der Waals surface area contributed by atoms with Gasteiger partial charge >= 0.3 is 5.97 Å². The number of ether oxygens (including phenoxy) is 1. The van der Waals surface area contributed by atoms with Gasteiger partial charge in [-0.2, -0.15) is 11.8 Å². The molecule has 160 valence electrons. The van der Waals surface area contributed by atoms with Gasteiger partial charge in [-0.15, -0.1) is 0 Å². The van der Waals surface area contributed by atoms with Crippen molar-refractivity contribution in [1.29, 1.82) is 0 Å².